The Morgan fingerprint density at radius 2 is 1.57 bits per heavy atom. The highest BCUT2D eigenvalue weighted by Crippen LogP contribution is 2.40. The summed E-state index contributed by atoms with van der Waals surface area (Å²) in [5.74, 6) is -0.911. The Balaban J connectivity index is 1.94. The summed E-state index contributed by atoms with van der Waals surface area (Å²) in [5.41, 5.74) is -3.42. The van der Waals surface area contributed by atoms with E-state index in [1.54, 1.807) is 30.3 Å². The molecule has 0 aliphatic carbocycles. The van der Waals surface area contributed by atoms with Crippen molar-refractivity contribution in [2.45, 2.75) is 37.7 Å². The summed E-state index contributed by atoms with van der Waals surface area (Å²) < 4.78 is 78.6. The van der Waals surface area contributed by atoms with Crippen LogP contribution in [-0.2, 0) is 23.6 Å². The summed E-state index contributed by atoms with van der Waals surface area (Å²) in [6.07, 6.45) is -10.1. The molecule has 2 aromatic carbocycles. The maximum Gasteiger partial charge on any atom is 0.417 e. The Bertz CT molecular complexity index is 937. The molecule has 1 amide bonds. The number of amides is 1. The lowest BCUT2D eigenvalue weighted by molar-refractivity contribution is -0.162. The van der Waals surface area contributed by atoms with Gasteiger partial charge in [0.1, 0.15) is 5.78 Å². The van der Waals surface area contributed by atoms with Crippen LogP contribution >= 0.6 is 0 Å². The molecule has 1 aliphatic rings. The highest BCUT2D eigenvalue weighted by molar-refractivity contribution is 5.96. The predicted octanol–water partition coefficient (Wildman–Crippen LogP) is 5.14. The van der Waals surface area contributed by atoms with Crippen LogP contribution in [0.3, 0.4) is 0 Å². The molecule has 2 aromatic rings. The predicted molar refractivity (Wildman–Crippen MR) is 95.7 cm³/mol. The zero-order valence-corrected chi connectivity index (χ0v) is 15.6. The molecule has 1 atom stereocenters. The number of carbonyl (C=O) groups excluding carboxylic acids is 2. The number of hydrogen-bond acceptors (Lipinski definition) is 2. The van der Waals surface area contributed by atoms with Crippen molar-refractivity contribution < 1.29 is 35.9 Å². The Hall–Kier alpha value is -2.84. The van der Waals surface area contributed by atoms with Crippen molar-refractivity contribution in [3.63, 3.8) is 0 Å². The van der Waals surface area contributed by atoms with Gasteiger partial charge in [-0.25, -0.2) is 0 Å². The Morgan fingerprint density at radius 1 is 0.933 bits per heavy atom. The number of alkyl halides is 6. The van der Waals surface area contributed by atoms with E-state index in [2.05, 4.69) is 0 Å². The maximum atomic E-state index is 13.2. The van der Waals surface area contributed by atoms with E-state index < -0.39 is 41.0 Å². The lowest BCUT2D eigenvalue weighted by Gasteiger charge is -2.35. The van der Waals surface area contributed by atoms with Gasteiger partial charge in [0, 0.05) is 31.0 Å². The number of likely N-dealkylation sites (tertiary alicyclic amines) is 1. The fourth-order valence-corrected chi connectivity index (χ4v) is 3.56. The first-order chi connectivity index (χ1) is 14.0. The average molecular weight is 429 g/mol. The topological polar surface area (TPSA) is 37.4 Å². The van der Waals surface area contributed by atoms with Gasteiger partial charge >= 0.3 is 12.4 Å². The Morgan fingerprint density at radius 3 is 2.17 bits per heavy atom. The highest BCUT2D eigenvalue weighted by Gasteiger charge is 2.43. The number of halogens is 6. The van der Waals surface area contributed by atoms with Crippen molar-refractivity contribution in [2.24, 2.45) is 0 Å². The molecule has 3 rings (SSSR count). The molecule has 1 heterocycles. The maximum absolute atomic E-state index is 13.2. The molecule has 1 saturated heterocycles. The van der Waals surface area contributed by atoms with E-state index >= 15 is 0 Å². The van der Waals surface area contributed by atoms with Crippen LogP contribution in [0.15, 0.2) is 48.5 Å². The lowest BCUT2D eigenvalue weighted by atomic mass is 9.93. The molecule has 0 aromatic heterocycles. The normalized spacial score (nSPS) is 17.9. The van der Waals surface area contributed by atoms with Gasteiger partial charge in [-0.15, -0.1) is 0 Å². The Labute approximate surface area is 168 Å². The van der Waals surface area contributed by atoms with Gasteiger partial charge in [0.15, 0.2) is 0 Å². The molecule has 9 heteroatoms. The number of piperidine rings is 1. The fourth-order valence-electron chi connectivity index (χ4n) is 3.56. The first-order valence-electron chi connectivity index (χ1n) is 9.12. The molecule has 1 fully saturated rings. The molecule has 0 radical (unpaired) electrons. The number of hydrogen-bond donors (Lipinski definition) is 0. The zero-order chi connectivity index (χ0) is 22.1. The van der Waals surface area contributed by atoms with Crippen LogP contribution in [0.1, 0.15) is 39.9 Å². The first-order valence-corrected chi connectivity index (χ1v) is 9.12. The second-order valence-corrected chi connectivity index (χ2v) is 7.09. The number of Topliss-reactive ketones (excluding diaryl/α,β-unsaturated/α-hetero) is 1. The fraction of sp³-hybridized carbons (Fsp3) is 0.333. The van der Waals surface area contributed by atoms with Gasteiger partial charge in [0.25, 0.3) is 5.91 Å². The van der Waals surface area contributed by atoms with Crippen molar-refractivity contribution in [1.82, 2.24) is 4.90 Å². The van der Waals surface area contributed by atoms with Gasteiger partial charge in [0.05, 0.1) is 11.1 Å². The van der Waals surface area contributed by atoms with Crippen molar-refractivity contribution >= 4 is 11.7 Å². The standard InChI is InChI=1S/C21H17F6NO2/c22-20(23,24)17-7-6-14(11-18(17)21(25,26)27)19(30)28-9-8-16(29)12-15(28)10-13-4-2-1-3-5-13/h1-7,11,15H,8-10,12H2. The van der Waals surface area contributed by atoms with Gasteiger partial charge in [-0.2, -0.15) is 26.3 Å². The third-order valence-electron chi connectivity index (χ3n) is 4.99. The van der Waals surface area contributed by atoms with Crippen molar-refractivity contribution in [3.8, 4) is 0 Å². The van der Waals surface area contributed by atoms with E-state index in [1.807, 2.05) is 0 Å². The molecule has 0 N–H and O–H groups in total. The van der Waals surface area contributed by atoms with E-state index in [4.69, 9.17) is 0 Å². The quantitative estimate of drug-likeness (QED) is 0.634. The van der Waals surface area contributed by atoms with Crippen LogP contribution in [0.2, 0.25) is 0 Å². The van der Waals surface area contributed by atoms with Crippen LogP contribution in [0.5, 0.6) is 0 Å². The molecule has 3 nitrogen and oxygen atoms in total. The number of carbonyl (C=O) groups is 2. The lowest BCUT2D eigenvalue weighted by Crippen LogP contribution is -2.47. The van der Waals surface area contributed by atoms with E-state index in [0.717, 1.165) is 11.6 Å². The van der Waals surface area contributed by atoms with E-state index in [0.29, 0.717) is 6.42 Å². The largest absolute Gasteiger partial charge is 0.417 e. The minimum absolute atomic E-state index is 0.00244. The number of ketones is 1. The highest BCUT2D eigenvalue weighted by atomic mass is 19.4. The van der Waals surface area contributed by atoms with E-state index in [1.165, 1.54) is 4.90 Å². The van der Waals surface area contributed by atoms with E-state index in [9.17, 15) is 35.9 Å². The molecule has 1 unspecified atom stereocenters. The first kappa shape index (κ1) is 21.9. The summed E-state index contributed by atoms with van der Waals surface area (Å²) in [5, 5.41) is 0. The summed E-state index contributed by atoms with van der Waals surface area (Å²) in [7, 11) is 0. The molecule has 0 bridgehead atoms. The van der Waals surface area contributed by atoms with Crippen molar-refractivity contribution in [3.05, 3.63) is 70.8 Å². The molecule has 0 spiro atoms. The van der Waals surface area contributed by atoms with Crippen LogP contribution in [0.4, 0.5) is 26.3 Å². The molecule has 30 heavy (non-hydrogen) atoms. The minimum atomic E-state index is -5.28. The van der Waals surface area contributed by atoms with Crippen LogP contribution in [-0.4, -0.2) is 29.2 Å². The monoisotopic (exact) mass is 429 g/mol. The van der Waals surface area contributed by atoms with Gasteiger partial charge in [-0.3, -0.25) is 9.59 Å². The number of benzene rings is 2. The van der Waals surface area contributed by atoms with Gasteiger partial charge < -0.3 is 4.90 Å². The van der Waals surface area contributed by atoms with E-state index in [-0.39, 0.29) is 37.3 Å². The molecular formula is C21H17F6NO2. The summed E-state index contributed by atoms with van der Waals surface area (Å²) in [4.78, 5) is 26.1. The zero-order valence-electron chi connectivity index (χ0n) is 15.6. The summed E-state index contributed by atoms with van der Waals surface area (Å²) >= 11 is 0. The van der Waals surface area contributed by atoms with Gasteiger partial charge in [-0.05, 0) is 30.2 Å². The second kappa shape index (κ2) is 8.12. The molecule has 160 valence electrons. The SMILES string of the molecule is O=C1CCN(C(=O)c2ccc(C(F)(F)F)c(C(F)(F)F)c2)C(Cc2ccccc2)C1. The molecule has 0 saturated carbocycles. The molecule has 1 aliphatic heterocycles. The minimum Gasteiger partial charge on any atom is -0.334 e. The second-order valence-electron chi connectivity index (χ2n) is 7.09. The van der Waals surface area contributed by atoms with Gasteiger partial charge in [-0.1, -0.05) is 30.3 Å². The van der Waals surface area contributed by atoms with Crippen molar-refractivity contribution in [1.29, 1.82) is 0 Å². The summed E-state index contributed by atoms with van der Waals surface area (Å²) in [6, 6.07) is 9.60. The molecular weight excluding hydrogens is 412 g/mol. The number of nitrogens with zero attached hydrogens (tertiary/aromatic N) is 1. The smallest absolute Gasteiger partial charge is 0.334 e. The number of rotatable bonds is 3. The van der Waals surface area contributed by atoms with Gasteiger partial charge in [0.2, 0.25) is 0 Å². The van der Waals surface area contributed by atoms with Crippen LogP contribution in [0.25, 0.3) is 0 Å². The van der Waals surface area contributed by atoms with Crippen molar-refractivity contribution in [2.75, 3.05) is 6.54 Å². The third-order valence-corrected chi connectivity index (χ3v) is 4.99. The average Bonchev–Trinajstić information content (AvgIpc) is 2.66. The Kier molecular flexibility index (Phi) is 5.92. The third kappa shape index (κ3) is 4.83. The van der Waals surface area contributed by atoms with Crippen LogP contribution in [0, 0.1) is 0 Å². The van der Waals surface area contributed by atoms with Crippen LogP contribution < -0.4 is 0 Å². The summed E-state index contributed by atoms with van der Waals surface area (Å²) in [6.45, 7) is -0.00244.